The van der Waals surface area contributed by atoms with Crippen LogP contribution in [0.4, 0.5) is 0 Å². The van der Waals surface area contributed by atoms with Gasteiger partial charge >= 0.3 is 11.9 Å². The van der Waals surface area contributed by atoms with Crippen molar-refractivity contribution in [3.05, 3.63) is 59.7 Å². The van der Waals surface area contributed by atoms with Gasteiger partial charge in [0.1, 0.15) is 6.61 Å². The molecule has 152 valence electrons. The molecule has 1 aliphatic carbocycles. The molecule has 2 aromatic carbocycles. The highest BCUT2D eigenvalue weighted by Gasteiger charge is 2.34. The first-order chi connectivity index (χ1) is 13.7. The number of aliphatic carboxylic acids is 1. The van der Waals surface area contributed by atoms with Gasteiger partial charge < -0.3 is 9.84 Å². The van der Waals surface area contributed by atoms with Crippen molar-refractivity contribution in [2.24, 2.45) is 5.92 Å². The van der Waals surface area contributed by atoms with Crippen molar-refractivity contribution in [2.45, 2.75) is 37.9 Å². The zero-order valence-corrected chi connectivity index (χ0v) is 17.5. The van der Waals surface area contributed by atoms with E-state index in [-0.39, 0.29) is 28.8 Å². The lowest BCUT2D eigenvalue weighted by Crippen LogP contribution is -2.29. The van der Waals surface area contributed by atoms with Crippen LogP contribution in [0.15, 0.2) is 48.5 Å². The van der Waals surface area contributed by atoms with Crippen molar-refractivity contribution in [1.29, 1.82) is 0 Å². The monoisotopic (exact) mass is 412 g/mol. The van der Waals surface area contributed by atoms with Crippen LogP contribution in [0.3, 0.4) is 0 Å². The van der Waals surface area contributed by atoms with Crippen LogP contribution in [0.5, 0.6) is 0 Å². The van der Waals surface area contributed by atoms with Gasteiger partial charge in [0.2, 0.25) is 0 Å². The molecule has 1 unspecified atom stereocenters. The van der Waals surface area contributed by atoms with Gasteiger partial charge in [-0.3, -0.25) is 14.4 Å². The van der Waals surface area contributed by atoms with Crippen LogP contribution in [0.2, 0.25) is 0 Å². The second-order valence-electron chi connectivity index (χ2n) is 8.04. The summed E-state index contributed by atoms with van der Waals surface area (Å²) in [5.74, 6) is -3.86. The zero-order valence-electron chi connectivity index (χ0n) is 16.7. The van der Waals surface area contributed by atoms with E-state index >= 15 is 0 Å². The van der Waals surface area contributed by atoms with Gasteiger partial charge in [-0.25, -0.2) is 0 Å². The van der Waals surface area contributed by atoms with Crippen molar-refractivity contribution in [3.8, 4) is 11.1 Å². The first-order valence-corrected chi connectivity index (χ1v) is 10.3. The van der Waals surface area contributed by atoms with Crippen LogP contribution < -0.4 is 0 Å². The Balaban J connectivity index is 1.72. The van der Waals surface area contributed by atoms with Gasteiger partial charge in [-0.05, 0) is 22.3 Å². The van der Waals surface area contributed by atoms with Crippen molar-refractivity contribution < 1.29 is 24.2 Å². The lowest BCUT2D eigenvalue weighted by molar-refractivity contribution is -0.160. The lowest BCUT2D eigenvalue weighted by Gasteiger charge is -2.19. The maximum absolute atomic E-state index is 12.5. The van der Waals surface area contributed by atoms with Gasteiger partial charge in [0, 0.05) is 17.1 Å². The molecule has 0 saturated carbocycles. The van der Waals surface area contributed by atoms with Crippen molar-refractivity contribution in [2.75, 3.05) is 6.61 Å². The number of carbonyl (C=O) groups is 3. The third-order valence-electron chi connectivity index (χ3n) is 4.73. The quantitative estimate of drug-likeness (QED) is 0.556. The minimum atomic E-state index is -1.50. The molecule has 0 saturated heterocycles. The minimum absolute atomic E-state index is 0.0389. The predicted octanol–water partition coefficient (Wildman–Crippen LogP) is 4.49. The van der Waals surface area contributed by atoms with Crippen LogP contribution in [0.1, 0.15) is 44.2 Å². The Hall–Kier alpha value is -2.60. The maximum atomic E-state index is 12.5. The number of rotatable bonds is 6. The topological polar surface area (TPSA) is 80.7 Å². The number of fused-ring (bicyclic) bond motifs is 3. The lowest BCUT2D eigenvalue weighted by atomic mass is 9.98. The van der Waals surface area contributed by atoms with Gasteiger partial charge in [0.05, 0.1) is 0 Å². The normalized spacial score (nSPS) is 14.0. The van der Waals surface area contributed by atoms with Crippen molar-refractivity contribution in [1.82, 2.24) is 0 Å². The number of carboxylic acids is 1. The number of carbonyl (C=O) groups excluding carboxylic acids is 2. The van der Waals surface area contributed by atoms with Gasteiger partial charge in [-0.1, -0.05) is 81.1 Å². The number of carboxylic acid groups (broad SMARTS) is 1. The molecule has 29 heavy (non-hydrogen) atoms. The van der Waals surface area contributed by atoms with Crippen molar-refractivity contribution in [3.63, 3.8) is 0 Å². The molecule has 1 aliphatic rings. The van der Waals surface area contributed by atoms with Crippen LogP contribution in [-0.2, 0) is 19.1 Å². The number of ether oxygens (including phenoxy) is 1. The predicted molar refractivity (Wildman–Crippen MR) is 113 cm³/mol. The first-order valence-electron chi connectivity index (χ1n) is 9.47. The van der Waals surface area contributed by atoms with E-state index in [1.807, 2.05) is 69.3 Å². The molecule has 0 bridgehead atoms. The molecule has 6 heteroatoms. The summed E-state index contributed by atoms with van der Waals surface area (Å²) in [7, 11) is 0. The number of hydrogen-bond acceptors (Lipinski definition) is 5. The molecule has 0 amide bonds. The van der Waals surface area contributed by atoms with Gasteiger partial charge in [-0.2, -0.15) is 0 Å². The van der Waals surface area contributed by atoms with Gasteiger partial charge in [-0.15, -0.1) is 0 Å². The average molecular weight is 413 g/mol. The first kappa shape index (κ1) is 21.1. The van der Waals surface area contributed by atoms with Gasteiger partial charge in [0.25, 0.3) is 0 Å². The van der Waals surface area contributed by atoms with E-state index in [4.69, 9.17) is 4.74 Å². The van der Waals surface area contributed by atoms with Gasteiger partial charge in [0.15, 0.2) is 11.0 Å². The summed E-state index contributed by atoms with van der Waals surface area (Å²) in [6.07, 6.45) is -0.381. The van der Waals surface area contributed by atoms with Crippen LogP contribution in [0.25, 0.3) is 11.1 Å². The number of hydrogen-bond donors (Lipinski definition) is 1. The zero-order chi connectivity index (χ0) is 21.2. The summed E-state index contributed by atoms with van der Waals surface area (Å²) in [5.41, 5.74) is 4.28. The molecular weight excluding hydrogens is 388 g/mol. The van der Waals surface area contributed by atoms with Crippen LogP contribution in [-0.4, -0.2) is 33.5 Å². The fraction of sp³-hybridized carbons (Fsp3) is 0.348. The average Bonchev–Trinajstić information content (AvgIpc) is 2.96. The fourth-order valence-electron chi connectivity index (χ4n) is 3.53. The smallest absolute Gasteiger partial charge is 0.320 e. The van der Waals surface area contributed by atoms with Crippen LogP contribution in [0, 0.1) is 5.92 Å². The molecule has 1 N–H and O–H groups in total. The molecule has 0 heterocycles. The molecule has 0 aromatic heterocycles. The highest BCUT2D eigenvalue weighted by atomic mass is 32.2. The number of esters is 1. The van der Waals surface area contributed by atoms with E-state index in [9.17, 15) is 19.5 Å². The second-order valence-corrected chi connectivity index (χ2v) is 9.92. The molecule has 5 nitrogen and oxygen atoms in total. The Morgan fingerprint density at radius 2 is 1.52 bits per heavy atom. The maximum Gasteiger partial charge on any atom is 0.320 e. The Labute approximate surface area is 174 Å². The van der Waals surface area contributed by atoms with Crippen molar-refractivity contribution >= 4 is 28.8 Å². The molecule has 1 atom stereocenters. The summed E-state index contributed by atoms with van der Waals surface area (Å²) < 4.78 is 5.07. The standard InChI is InChI=1S/C23H24O5S/c1-23(2,3)29-20(24)12-18(21(25)26)22(27)28-13-19-16-10-6-4-8-14(16)15-9-5-7-11-17(15)19/h4-11,18-19H,12-13H2,1-3H3,(H,25,26). The Bertz CT molecular complexity index is 899. The molecule has 3 rings (SSSR count). The fourth-order valence-corrected chi connectivity index (χ4v) is 4.46. The largest absolute Gasteiger partial charge is 0.481 e. The molecule has 2 aromatic rings. The molecule has 0 spiro atoms. The molecular formula is C23H24O5S. The summed E-state index contributed by atoms with van der Waals surface area (Å²) in [6, 6.07) is 15.8. The summed E-state index contributed by atoms with van der Waals surface area (Å²) in [6.45, 7) is 5.62. The Morgan fingerprint density at radius 1 is 1.00 bits per heavy atom. The number of thioether (sulfide) groups is 1. The summed E-state index contributed by atoms with van der Waals surface area (Å²) in [5, 5.41) is 9.10. The SMILES string of the molecule is CC(C)(C)SC(=O)CC(C(=O)O)C(=O)OCC1c2ccccc2-c2ccccc21. The number of benzene rings is 2. The van der Waals surface area contributed by atoms with E-state index in [0.717, 1.165) is 34.0 Å². The highest BCUT2D eigenvalue weighted by Crippen LogP contribution is 2.44. The third-order valence-corrected chi connectivity index (χ3v) is 5.73. The molecule has 0 aliphatic heterocycles. The van der Waals surface area contributed by atoms with E-state index in [2.05, 4.69) is 0 Å². The third kappa shape index (κ3) is 4.88. The Kier molecular flexibility index (Phi) is 6.13. The van der Waals surface area contributed by atoms with E-state index in [1.54, 1.807) is 0 Å². The highest BCUT2D eigenvalue weighted by molar-refractivity contribution is 8.14. The minimum Gasteiger partial charge on any atom is -0.481 e. The Morgan fingerprint density at radius 3 is 2.00 bits per heavy atom. The molecule has 0 radical (unpaired) electrons. The molecule has 0 fully saturated rings. The summed E-state index contributed by atoms with van der Waals surface area (Å²) >= 11 is 1.03. The van der Waals surface area contributed by atoms with Crippen LogP contribution >= 0.6 is 11.8 Å². The van der Waals surface area contributed by atoms with E-state index < -0.39 is 17.9 Å². The van der Waals surface area contributed by atoms with E-state index in [1.165, 1.54) is 0 Å². The van der Waals surface area contributed by atoms with E-state index in [0.29, 0.717) is 0 Å². The second kappa shape index (κ2) is 8.41. The summed E-state index contributed by atoms with van der Waals surface area (Å²) in [4.78, 5) is 36.2.